The van der Waals surface area contributed by atoms with Crippen molar-refractivity contribution < 1.29 is 19.5 Å². The molecular formula is C11H20N2O4. The standard InChI is InChI=1S/C11H20N2O4/c1-5-12-8(14)7-13(4)9(15)6-11(2,3)10(16)17/h5-7H2,1-4H3,(H,12,14)(H,16,17). The van der Waals surface area contributed by atoms with Crippen LogP contribution in [0.15, 0.2) is 0 Å². The normalized spacial score (nSPS) is 10.8. The van der Waals surface area contributed by atoms with Gasteiger partial charge in [0.1, 0.15) is 0 Å². The summed E-state index contributed by atoms with van der Waals surface area (Å²) in [4.78, 5) is 35.0. The van der Waals surface area contributed by atoms with Gasteiger partial charge >= 0.3 is 5.97 Å². The number of carbonyl (C=O) groups excluding carboxylic acids is 2. The summed E-state index contributed by atoms with van der Waals surface area (Å²) in [5.41, 5.74) is -1.12. The molecule has 6 heteroatoms. The summed E-state index contributed by atoms with van der Waals surface area (Å²) in [6, 6.07) is 0. The van der Waals surface area contributed by atoms with Gasteiger partial charge in [-0.15, -0.1) is 0 Å². The molecule has 0 atom stereocenters. The predicted octanol–water partition coefficient (Wildman–Crippen LogP) is 0.0818. The molecule has 0 heterocycles. The molecule has 0 radical (unpaired) electrons. The summed E-state index contributed by atoms with van der Waals surface area (Å²) in [5, 5.41) is 11.5. The SMILES string of the molecule is CCNC(=O)CN(C)C(=O)CC(C)(C)C(=O)O. The van der Waals surface area contributed by atoms with Gasteiger partial charge in [0.15, 0.2) is 0 Å². The van der Waals surface area contributed by atoms with Crippen LogP contribution < -0.4 is 5.32 Å². The van der Waals surface area contributed by atoms with Crippen LogP contribution in [0.3, 0.4) is 0 Å². The fraction of sp³-hybridized carbons (Fsp3) is 0.727. The third kappa shape index (κ3) is 5.33. The highest BCUT2D eigenvalue weighted by Crippen LogP contribution is 2.21. The number of likely N-dealkylation sites (N-methyl/N-ethyl adjacent to an activating group) is 2. The highest BCUT2D eigenvalue weighted by molar-refractivity contribution is 5.87. The van der Waals surface area contributed by atoms with Gasteiger partial charge in [-0.3, -0.25) is 14.4 Å². The molecule has 0 unspecified atom stereocenters. The summed E-state index contributed by atoms with van der Waals surface area (Å²) in [5.74, 6) is -1.64. The van der Waals surface area contributed by atoms with Crippen molar-refractivity contribution in [2.75, 3.05) is 20.1 Å². The monoisotopic (exact) mass is 244 g/mol. The summed E-state index contributed by atoms with van der Waals surface area (Å²) in [6.45, 7) is 5.19. The first-order valence-corrected chi connectivity index (χ1v) is 5.44. The number of carboxylic acids is 1. The molecule has 17 heavy (non-hydrogen) atoms. The number of carboxylic acid groups (broad SMARTS) is 1. The Bertz CT molecular complexity index is 313. The first-order valence-electron chi connectivity index (χ1n) is 5.44. The van der Waals surface area contributed by atoms with Gasteiger partial charge in [0, 0.05) is 20.0 Å². The van der Waals surface area contributed by atoms with E-state index in [2.05, 4.69) is 5.32 Å². The second-order valence-corrected chi connectivity index (χ2v) is 4.57. The van der Waals surface area contributed by atoms with E-state index in [4.69, 9.17) is 5.11 Å². The molecule has 0 aliphatic heterocycles. The average Bonchev–Trinajstić information content (AvgIpc) is 2.16. The van der Waals surface area contributed by atoms with E-state index in [0.717, 1.165) is 0 Å². The van der Waals surface area contributed by atoms with Crippen molar-refractivity contribution >= 4 is 17.8 Å². The van der Waals surface area contributed by atoms with Gasteiger partial charge in [0.25, 0.3) is 0 Å². The van der Waals surface area contributed by atoms with Crippen LogP contribution in [0.5, 0.6) is 0 Å². The van der Waals surface area contributed by atoms with Crippen molar-refractivity contribution in [3.05, 3.63) is 0 Å². The number of nitrogens with one attached hydrogen (secondary N) is 1. The van der Waals surface area contributed by atoms with Gasteiger partial charge in [-0.05, 0) is 20.8 Å². The minimum Gasteiger partial charge on any atom is -0.481 e. The van der Waals surface area contributed by atoms with Crippen molar-refractivity contribution in [2.24, 2.45) is 5.41 Å². The van der Waals surface area contributed by atoms with E-state index in [1.165, 1.54) is 25.8 Å². The zero-order valence-electron chi connectivity index (χ0n) is 10.7. The average molecular weight is 244 g/mol. The molecule has 0 saturated heterocycles. The Balaban J connectivity index is 4.33. The van der Waals surface area contributed by atoms with Gasteiger partial charge in [-0.1, -0.05) is 0 Å². The van der Waals surface area contributed by atoms with Crippen molar-refractivity contribution in [1.82, 2.24) is 10.2 Å². The molecule has 0 aromatic carbocycles. The molecule has 0 fully saturated rings. The van der Waals surface area contributed by atoms with E-state index in [0.29, 0.717) is 6.54 Å². The largest absolute Gasteiger partial charge is 0.481 e. The van der Waals surface area contributed by atoms with Crippen molar-refractivity contribution in [1.29, 1.82) is 0 Å². The van der Waals surface area contributed by atoms with E-state index in [1.807, 2.05) is 0 Å². The topological polar surface area (TPSA) is 86.7 Å². The maximum Gasteiger partial charge on any atom is 0.309 e. The van der Waals surface area contributed by atoms with Crippen LogP contribution in [-0.2, 0) is 14.4 Å². The molecular weight excluding hydrogens is 224 g/mol. The third-order valence-electron chi connectivity index (χ3n) is 2.35. The Labute approximate surface area is 101 Å². The zero-order chi connectivity index (χ0) is 13.6. The molecule has 0 saturated carbocycles. The quantitative estimate of drug-likeness (QED) is 0.693. The van der Waals surface area contributed by atoms with Crippen LogP contribution in [0, 0.1) is 5.41 Å². The lowest BCUT2D eigenvalue weighted by Gasteiger charge is -2.23. The molecule has 0 rings (SSSR count). The van der Waals surface area contributed by atoms with Gasteiger partial charge in [-0.2, -0.15) is 0 Å². The smallest absolute Gasteiger partial charge is 0.309 e. The number of amides is 2. The number of rotatable bonds is 6. The van der Waals surface area contributed by atoms with Crippen LogP contribution in [0.25, 0.3) is 0 Å². The number of hydrogen-bond acceptors (Lipinski definition) is 3. The molecule has 0 spiro atoms. The summed E-state index contributed by atoms with van der Waals surface area (Å²) >= 11 is 0. The van der Waals surface area contributed by atoms with Crippen LogP contribution in [-0.4, -0.2) is 47.9 Å². The van der Waals surface area contributed by atoms with E-state index in [9.17, 15) is 14.4 Å². The molecule has 0 aliphatic rings. The van der Waals surface area contributed by atoms with E-state index in [-0.39, 0.29) is 24.8 Å². The third-order valence-corrected chi connectivity index (χ3v) is 2.35. The summed E-state index contributed by atoms with van der Waals surface area (Å²) in [7, 11) is 1.48. The van der Waals surface area contributed by atoms with Gasteiger partial charge in [-0.25, -0.2) is 0 Å². The van der Waals surface area contributed by atoms with Crippen LogP contribution >= 0.6 is 0 Å². The Kier molecular flexibility index (Phi) is 5.64. The number of hydrogen-bond donors (Lipinski definition) is 2. The molecule has 2 N–H and O–H groups in total. The zero-order valence-corrected chi connectivity index (χ0v) is 10.7. The van der Waals surface area contributed by atoms with Crippen molar-refractivity contribution in [3.63, 3.8) is 0 Å². The summed E-state index contributed by atoms with van der Waals surface area (Å²) < 4.78 is 0. The first kappa shape index (κ1) is 15.4. The maximum absolute atomic E-state index is 11.7. The Hall–Kier alpha value is -1.59. The van der Waals surface area contributed by atoms with Gasteiger partial charge in [0.05, 0.1) is 12.0 Å². The molecule has 2 amide bonds. The van der Waals surface area contributed by atoms with E-state index in [1.54, 1.807) is 6.92 Å². The van der Waals surface area contributed by atoms with Crippen LogP contribution in [0.1, 0.15) is 27.2 Å². The predicted molar refractivity (Wildman–Crippen MR) is 62.4 cm³/mol. The molecule has 0 aliphatic carbocycles. The van der Waals surface area contributed by atoms with Gasteiger partial charge in [0.2, 0.25) is 11.8 Å². The van der Waals surface area contributed by atoms with Crippen molar-refractivity contribution in [2.45, 2.75) is 27.2 Å². The number of nitrogens with zero attached hydrogens (tertiary/aromatic N) is 1. The molecule has 0 aromatic rings. The number of carbonyl (C=O) groups is 3. The van der Waals surface area contributed by atoms with Gasteiger partial charge < -0.3 is 15.3 Å². The highest BCUT2D eigenvalue weighted by Gasteiger charge is 2.31. The molecule has 0 aromatic heterocycles. The molecule has 98 valence electrons. The fourth-order valence-electron chi connectivity index (χ4n) is 1.15. The fourth-order valence-corrected chi connectivity index (χ4v) is 1.15. The summed E-state index contributed by atoms with van der Waals surface area (Å²) in [6.07, 6.45) is -0.127. The van der Waals surface area contributed by atoms with E-state index < -0.39 is 11.4 Å². The Morgan fingerprint density at radius 2 is 1.82 bits per heavy atom. The lowest BCUT2D eigenvalue weighted by atomic mass is 9.89. The second kappa shape index (κ2) is 6.22. The minimum atomic E-state index is -1.12. The maximum atomic E-state index is 11.7. The first-order chi connectivity index (χ1) is 7.70. The van der Waals surface area contributed by atoms with Crippen LogP contribution in [0.4, 0.5) is 0 Å². The lowest BCUT2D eigenvalue weighted by molar-refractivity contribution is -0.151. The minimum absolute atomic E-state index is 0.0532. The van der Waals surface area contributed by atoms with Crippen LogP contribution in [0.2, 0.25) is 0 Å². The lowest BCUT2D eigenvalue weighted by Crippen LogP contribution is -2.40. The second-order valence-electron chi connectivity index (χ2n) is 4.57. The Morgan fingerprint density at radius 3 is 2.24 bits per heavy atom. The van der Waals surface area contributed by atoms with E-state index >= 15 is 0 Å². The Morgan fingerprint density at radius 1 is 1.29 bits per heavy atom. The van der Waals surface area contributed by atoms with Crippen molar-refractivity contribution in [3.8, 4) is 0 Å². The number of aliphatic carboxylic acids is 1. The highest BCUT2D eigenvalue weighted by atomic mass is 16.4. The molecule has 0 bridgehead atoms. The molecule has 6 nitrogen and oxygen atoms in total.